The van der Waals surface area contributed by atoms with Crippen molar-refractivity contribution in [3.05, 3.63) is 36.5 Å². The first-order valence-electron chi connectivity index (χ1n) is 31.0. The minimum absolute atomic E-state index is 0.0761. The predicted octanol–water partition coefficient (Wildman–Crippen LogP) is 20.8. The fraction of sp³-hybridized carbons (Fsp3) is 0.859. The van der Waals surface area contributed by atoms with Gasteiger partial charge in [0.25, 0.3) is 0 Å². The Hall–Kier alpha value is -2.37. The fourth-order valence-corrected chi connectivity index (χ4v) is 9.22. The Kier molecular flexibility index (Phi) is 57.2. The minimum Gasteiger partial charge on any atom is -0.462 e. The molecule has 0 saturated heterocycles. The summed E-state index contributed by atoms with van der Waals surface area (Å²) in [6, 6.07) is 0. The molecule has 0 saturated carbocycles. The largest absolute Gasteiger partial charge is 0.462 e. The Bertz CT molecular complexity index is 1170. The van der Waals surface area contributed by atoms with E-state index in [4.69, 9.17) is 14.2 Å². The predicted molar refractivity (Wildman–Crippen MR) is 302 cm³/mol. The molecule has 0 spiro atoms. The summed E-state index contributed by atoms with van der Waals surface area (Å²) in [7, 11) is 0. The lowest BCUT2D eigenvalue weighted by Crippen LogP contribution is -2.30. The van der Waals surface area contributed by atoms with Crippen LogP contribution in [0.25, 0.3) is 0 Å². The topological polar surface area (TPSA) is 78.9 Å². The number of rotatable bonds is 57. The first kappa shape index (κ1) is 67.6. The van der Waals surface area contributed by atoms with Gasteiger partial charge in [-0.15, -0.1) is 0 Å². The summed E-state index contributed by atoms with van der Waals surface area (Å²) < 4.78 is 16.9. The van der Waals surface area contributed by atoms with Gasteiger partial charge in [-0.2, -0.15) is 0 Å². The van der Waals surface area contributed by atoms with Gasteiger partial charge in [0.1, 0.15) is 13.2 Å². The highest BCUT2D eigenvalue weighted by Crippen LogP contribution is 2.17. The molecule has 6 nitrogen and oxygen atoms in total. The fourth-order valence-electron chi connectivity index (χ4n) is 9.22. The number of hydrogen-bond acceptors (Lipinski definition) is 6. The van der Waals surface area contributed by atoms with Crippen LogP contribution < -0.4 is 0 Å². The number of ether oxygens (including phenoxy) is 3. The van der Waals surface area contributed by atoms with Gasteiger partial charge in [0, 0.05) is 19.3 Å². The second-order valence-electron chi connectivity index (χ2n) is 21.0. The van der Waals surface area contributed by atoms with Gasteiger partial charge >= 0.3 is 17.9 Å². The van der Waals surface area contributed by atoms with Gasteiger partial charge in [-0.25, -0.2) is 0 Å². The summed E-state index contributed by atoms with van der Waals surface area (Å²) >= 11 is 0. The highest BCUT2D eigenvalue weighted by molar-refractivity contribution is 5.71. The molecule has 0 aromatic heterocycles. The van der Waals surface area contributed by atoms with Crippen molar-refractivity contribution in [2.24, 2.45) is 0 Å². The van der Waals surface area contributed by atoms with Crippen molar-refractivity contribution in [1.29, 1.82) is 0 Å². The lowest BCUT2D eigenvalue weighted by molar-refractivity contribution is -0.167. The quantitative estimate of drug-likeness (QED) is 0.0261. The Labute approximate surface area is 435 Å². The molecular formula is C64H118O6. The van der Waals surface area contributed by atoms with Crippen LogP contribution in [-0.4, -0.2) is 37.2 Å². The Morgan fingerprint density at radius 2 is 0.514 bits per heavy atom. The van der Waals surface area contributed by atoms with Crippen molar-refractivity contribution < 1.29 is 28.6 Å². The van der Waals surface area contributed by atoms with Crippen LogP contribution >= 0.6 is 0 Å². The van der Waals surface area contributed by atoms with Gasteiger partial charge in [0.05, 0.1) is 0 Å². The Balaban J connectivity index is 4.35. The molecule has 410 valence electrons. The van der Waals surface area contributed by atoms with Gasteiger partial charge in [0.2, 0.25) is 0 Å². The molecule has 0 aliphatic rings. The van der Waals surface area contributed by atoms with Crippen molar-refractivity contribution in [3.8, 4) is 0 Å². The molecule has 1 atom stereocenters. The van der Waals surface area contributed by atoms with Crippen LogP contribution in [0.5, 0.6) is 0 Å². The standard InChI is InChI=1S/C64H118O6/c1-4-7-10-13-16-19-22-25-28-31-32-34-36-39-42-45-48-51-54-57-63(66)69-60-61(59-68-62(65)56-53-50-47-44-41-38-35-30-27-24-21-18-15-12-9-6-3)70-64(67)58-55-52-49-46-43-40-37-33-29-26-23-20-17-14-11-8-5-2/h17,20,26,29,37,40,61H,4-16,18-19,21-25,27-28,30-36,38-39,41-60H2,1-3H3/b20-17-,29-26-,40-37-/t61-/m1/s1. The third kappa shape index (κ3) is 56.5. The summed E-state index contributed by atoms with van der Waals surface area (Å²) in [5, 5.41) is 0. The molecule has 0 heterocycles. The maximum Gasteiger partial charge on any atom is 0.306 e. The zero-order valence-electron chi connectivity index (χ0n) is 47.1. The van der Waals surface area contributed by atoms with Crippen molar-refractivity contribution in [2.75, 3.05) is 13.2 Å². The number of allylic oxidation sites excluding steroid dienone is 6. The van der Waals surface area contributed by atoms with Crippen LogP contribution in [0.1, 0.15) is 335 Å². The van der Waals surface area contributed by atoms with Gasteiger partial charge in [-0.1, -0.05) is 295 Å². The molecule has 0 rings (SSSR count). The molecule has 0 bridgehead atoms. The summed E-state index contributed by atoms with van der Waals surface area (Å²) in [5.74, 6) is -0.874. The number of carbonyl (C=O) groups excluding carboxylic acids is 3. The average molecular weight is 984 g/mol. The third-order valence-corrected chi connectivity index (χ3v) is 13.9. The molecule has 0 aromatic carbocycles. The zero-order chi connectivity index (χ0) is 50.7. The maximum absolute atomic E-state index is 12.9. The second kappa shape index (κ2) is 59.2. The smallest absolute Gasteiger partial charge is 0.306 e. The molecule has 0 fully saturated rings. The zero-order valence-corrected chi connectivity index (χ0v) is 47.1. The van der Waals surface area contributed by atoms with Crippen molar-refractivity contribution >= 4 is 17.9 Å². The monoisotopic (exact) mass is 983 g/mol. The SMILES string of the molecule is CCCCC/C=C\C/C=C\C/C=C\CCCCCCC(=O)O[C@H](COC(=O)CCCCCCCCCCCCCCCCCC)COC(=O)CCCCCCCCCCCCCCCCCCCCC. The maximum atomic E-state index is 12.9. The molecular weight excluding hydrogens is 865 g/mol. The molecule has 0 radical (unpaired) electrons. The first-order chi connectivity index (χ1) is 34.5. The minimum atomic E-state index is -0.780. The van der Waals surface area contributed by atoms with Crippen LogP contribution in [0.3, 0.4) is 0 Å². The molecule has 0 aliphatic heterocycles. The van der Waals surface area contributed by atoms with E-state index in [2.05, 4.69) is 57.2 Å². The van der Waals surface area contributed by atoms with Crippen molar-refractivity contribution in [3.63, 3.8) is 0 Å². The van der Waals surface area contributed by atoms with Crippen molar-refractivity contribution in [2.45, 2.75) is 341 Å². The molecule has 6 heteroatoms. The van der Waals surface area contributed by atoms with Crippen LogP contribution in [0.2, 0.25) is 0 Å². The number of unbranched alkanes of at least 4 members (excludes halogenated alkanes) is 40. The van der Waals surface area contributed by atoms with Crippen LogP contribution in [0.15, 0.2) is 36.5 Å². The van der Waals surface area contributed by atoms with Crippen LogP contribution in [0, 0.1) is 0 Å². The number of esters is 3. The first-order valence-corrected chi connectivity index (χ1v) is 31.0. The molecule has 0 aliphatic carbocycles. The second-order valence-corrected chi connectivity index (χ2v) is 21.0. The van der Waals surface area contributed by atoms with Gasteiger partial charge in [-0.05, 0) is 57.8 Å². The van der Waals surface area contributed by atoms with E-state index in [1.807, 2.05) is 0 Å². The summed E-state index contributed by atoms with van der Waals surface area (Å²) in [5.41, 5.74) is 0. The Morgan fingerprint density at radius 3 is 0.829 bits per heavy atom. The van der Waals surface area contributed by atoms with E-state index in [-0.39, 0.29) is 31.1 Å². The van der Waals surface area contributed by atoms with E-state index in [1.54, 1.807) is 0 Å². The third-order valence-electron chi connectivity index (χ3n) is 13.9. The molecule has 0 amide bonds. The highest BCUT2D eigenvalue weighted by atomic mass is 16.6. The van der Waals surface area contributed by atoms with Gasteiger partial charge < -0.3 is 14.2 Å². The van der Waals surface area contributed by atoms with E-state index >= 15 is 0 Å². The van der Waals surface area contributed by atoms with E-state index < -0.39 is 6.10 Å². The van der Waals surface area contributed by atoms with E-state index in [0.717, 1.165) is 83.5 Å². The normalized spacial score (nSPS) is 12.2. The number of carbonyl (C=O) groups is 3. The average Bonchev–Trinajstić information content (AvgIpc) is 3.36. The van der Waals surface area contributed by atoms with Crippen molar-refractivity contribution in [1.82, 2.24) is 0 Å². The van der Waals surface area contributed by atoms with Gasteiger partial charge in [-0.3, -0.25) is 14.4 Å². The van der Waals surface area contributed by atoms with Crippen LogP contribution in [-0.2, 0) is 28.6 Å². The van der Waals surface area contributed by atoms with Crippen LogP contribution in [0.4, 0.5) is 0 Å². The summed E-state index contributed by atoms with van der Waals surface area (Å²) in [6.07, 6.45) is 71.4. The Morgan fingerprint density at radius 1 is 0.286 bits per heavy atom. The molecule has 0 unspecified atom stereocenters. The summed E-state index contributed by atoms with van der Waals surface area (Å²) in [4.78, 5) is 38.3. The lowest BCUT2D eigenvalue weighted by atomic mass is 10.0. The highest BCUT2D eigenvalue weighted by Gasteiger charge is 2.19. The lowest BCUT2D eigenvalue weighted by Gasteiger charge is -2.18. The molecule has 0 aromatic rings. The van der Waals surface area contributed by atoms with E-state index in [1.165, 1.54) is 212 Å². The molecule has 70 heavy (non-hydrogen) atoms. The number of hydrogen-bond donors (Lipinski definition) is 0. The molecule has 0 N–H and O–H groups in total. The van der Waals surface area contributed by atoms with E-state index in [9.17, 15) is 14.4 Å². The summed E-state index contributed by atoms with van der Waals surface area (Å²) in [6.45, 7) is 6.65. The van der Waals surface area contributed by atoms with Gasteiger partial charge in [0.15, 0.2) is 6.10 Å². The van der Waals surface area contributed by atoms with E-state index in [0.29, 0.717) is 19.3 Å².